The SMILES string of the molecule is N[C@@H](CC(=O)OO)Cc1cc(F)c(F)cc1F. The lowest BCUT2D eigenvalue weighted by atomic mass is 10.0. The van der Waals surface area contributed by atoms with Crippen molar-refractivity contribution < 1.29 is 28.1 Å². The average molecular weight is 249 g/mol. The summed E-state index contributed by atoms with van der Waals surface area (Å²) in [6.07, 6.45) is -0.549. The molecule has 1 aromatic rings. The van der Waals surface area contributed by atoms with E-state index < -0.39 is 29.5 Å². The Morgan fingerprint density at radius 1 is 1.29 bits per heavy atom. The summed E-state index contributed by atoms with van der Waals surface area (Å²) in [5.74, 6) is -4.43. The third-order valence-electron chi connectivity index (χ3n) is 2.10. The van der Waals surface area contributed by atoms with Gasteiger partial charge in [-0.1, -0.05) is 0 Å². The zero-order valence-electron chi connectivity index (χ0n) is 8.62. The van der Waals surface area contributed by atoms with E-state index >= 15 is 0 Å². The molecule has 0 aliphatic carbocycles. The highest BCUT2D eigenvalue weighted by Gasteiger charge is 2.16. The van der Waals surface area contributed by atoms with E-state index in [2.05, 4.69) is 4.89 Å². The summed E-state index contributed by atoms with van der Waals surface area (Å²) in [7, 11) is 0. The van der Waals surface area contributed by atoms with E-state index in [9.17, 15) is 18.0 Å². The van der Waals surface area contributed by atoms with Gasteiger partial charge in [0.1, 0.15) is 5.82 Å². The maximum atomic E-state index is 13.2. The van der Waals surface area contributed by atoms with Crippen LogP contribution in [0.3, 0.4) is 0 Å². The van der Waals surface area contributed by atoms with Crippen LogP contribution in [0.25, 0.3) is 0 Å². The summed E-state index contributed by atoms with van der Waals surface area (Å²) in [6, 6.07) is 0.213. The maximum Gasteiger partial charge on any atom is 0.343 e. The molecule has 0 saturated carbocycles. The van der Waals surface area contributed by atoms with E-state index in [1.165, 1.54) is 0 Å². The smallest absolute Gasteiger partial charge is 0.327 e. The third kappa shape index (κ3) is 3.72. The van der Waals surface area contributed by atoms with E-state index in [1.54, 1.807) is 0 Å². The molecule has 0 aliphatic rings. The summed E-state index contributed by atoms with van der Waals surface area (Å²) < 4.78 is 38.6. The molecule has 0 heterocycles. The lowest BCUT2D eigenvalue weighted by molar-refractivity contribution is -0.234. The van der Waals surface area contributed by atoms with Crippen LogP contribution in [0.1, 0.15) is 12.0 Å². The Morgan fingerprint density at radius 2 is 1.88 bits per heavy atom. The first-order valence-electron chi connectivity index (χ1n) is 4.67. The van der Waals surface area contributed by atoms with Crippen molar-refractivity contribution in [3.63, 3.8) is 0 Å². The number of hydrogen-bond donors (Lipinski definition) is 2. The van der Waals surface area contributed by atoms with E-state index in [-0.39, 0.29) is 18.4 Å². The monoisotopic (exact) mass is 249 g/mol. The van der Waals surface area contributed by atoms with Gasteiger partial charge in [0.15, 0.2) is 11.6 Å². The van der Waals surface area contributed by atoms with Crippen molar-refractivity contribution in [2.24, 2.45) is 5.73 Å². The van der Waals surface area contributed by atoms with Crippen LogP contribution in [-0.4, -0.2) is 17.3 Å². The van der Waals surface area contributed by atoms with Crippen LogP contribution >= 0.6 is 0 Å². The fraction of sp³-hybridized carbons (Fsp3) is 0.300. The Balaban J connectivity index is 2.74. The van der Waals surface area contributed by atoms with Gasteiger partial charge in [-0.2, -0.15) is 5.26 Å². The molecule has 0 bridgehead atoms. The van der Waals surface area contributed by atoms with E-state index in [0.29, 0.717) is 12.1 Å². The molecule has 7 heteroatoms. The molecule has 0 fully saturated rings. The fourth-order valence-corrected chi connectivity index (χ4v) is 1.33. The number of rotatable bonds is 4. The van der Waals surface area contributed by atoms with Gasteiger partial charge >= 0.3 is 5.97 Å². The summed E-state index contributed by atoms with van der Waals surface area (Å²) in [5, 5.41) is 8.00. The van der Waals surface area contributed by atoms with Crippen molar-refractivity contribution in [2.75, 3.05) is 0 Å². The summed E-state index contributed by atoms with van der Waals surface area (Å²) in [5.41, 5.74) is 5.29. The lowest BCUT2D eigenvalue weighted by Crippen LogP contribution is -2.27. The Bertz CT molecular complexity index is 426. The van der Waals surface area contributed by atoms with Crippen LogP contribution in [0.5, 0.6) is 0 Å². The zero-order chi connectivity index (χ0) is 13.0. The quantitative estimate of drug-likeness (QED) is 0.480. The second kappa shape index (κ2) is 5.65. The molecule has 1 aromatic carbocycles. The van der Waals surface area contributed by atoms with E-state index in [4.69, 9.17) is 11.0 Å². The van der Waals surface area contributed by atoms with Gasteiger partial charge in [-0.25, -0.2) is 18.0 Å². The van der Waals surface area contributed by atoms with Crippen LogP contribution in [0.15, 0.2) is 12.1 Å². The highest BCUT2D eigenvalue weighted by atomic mass is 19.2. The van der Waals surface area contributed by atoms with Gasteiger partial charge in [0, 0.05) is 12.1 Å². The molecule has 0 spiro atoms. The predicted octanol–water partition coefficient (Wildman–Crippen LogP) is 1.38. The number of hydrogen-bond acceptors (Lipinski definition) is 4. The first kappa shape index (κ1) is 13.5. The van der Waals surface area contributed by atoms with Crippen molar-refractivity contribution in [1.82, 2.24) is 0 Å². The first-order valence-corrected chi connectivity index (χ1v) is 4.67. The predicted molar refractivity (Wildman–Crippen MR) is 51.3 cm³/mol. The number of nitrogens with two attached hydrogens (primary N) is 1. The largest absolute Gasteiger partial charge is 0.343 e. The zero-order valence-corrected chi connectivity index (χ0v) is 8.62. The summed E-state index contributed by atoms with van der Waals surface area (Å²) in [4.78, 5) is 14.0. The molecule has 1 rings (SSSR count). The van der Waals surface area contributed by atoms with Crippen molar-refractivity contribution in [1.29, 1.82) is 0 Å². The Labute approximate surface area is 94.7 Å². The minimum absolute atomic E-state index is 0.151. The van der Waals surface area contributed by atoms with Crippen LogP contribution in [0, 0.1) is 17.5 Å². The normalized spacial score (nSPS) is 12.3. The van der Waals surface area contributed by atoms with Crippen molar-refractivity contribution in [3.05, 3.63) is 35.1 Å². The van der Waals surface area contributed by atoms with Crippen LogP contribution < -0.4 is 5.73 Å². The first-order chi connectivity index (χ1) is 7.93. The van der Waals surface area contributed by atoms with Crippen molar-refractivity contribution in [2.45, 2.75) is 18.9 Å². The van der Waals surface area contributed by atoms with Crippen molar-refractivity contribution >= 4 is 5.97 Å². The van der Waals surface area contributed by atoms with Gasteiger partial charge in [0.25, 0.3) is 0 Å². The molecule has 1 atom stereocenters. The molecule has 0 radical (unpaired) electrons. The molecule has 0 aromatic heterocycles. The van der Waals surface area contributed by atoms with Gasteiger partial charge in [0.2, 0.25) is 0 Å². The van der Waals surface area contributed by atoms with Gasteiger partial charge in [-0.3, -0.25) is 0 Å². The molecule has 3 N–H and O–H groups in total. The van der Waals surface area contributed by atoms with Gasteiger partial charge in [0.05, 0.1) is 6.42 Å². The van der Waals surface area contributed by atoms with Crippen LogP contribution in [-0.2, 0) is 16.1 Å². The average Bonchev–Trinajstić information content (AvgIpc) is 2.25. The number of halogens is 3. The Morgan fingerprint density at radius 3 is 2.47 bits per heavy atom. The standard InChI is InChI=1S/C10H10F3NO3/c11-7-4-9(13)8(12)2-5(7)1-6(14)3-10(15)17-16/h2,4,6,16H,1,3,14H2/t6-/m1/s1. The topological polar surface area (TPSA) is 72.6 Å². The van der Waals surface area contributed by atoms with Gasteiger partial charge in [-0.15, -0.1) is 0 Å². The van der Waals surface area contributed by atoms with Crippen molar-refractivity contribution in [3.8, 4) is 0 Å². The maximum absolute atomic E-state index is 13.2. The molecule has 0 aliphatic heterocycles. The summed E-state index contributed by atoms with van der Waals surface area (Å²) in [6.45, 7) is 0. The molecule has 4 nitrogen and oxygen atoms in total. The van der Waals surface area contributed by atoms with E-state index in [0.717, 1.165) is 0 Å². The summed E-state index contributed by atoms with van der Waals surface area (Å²) >= 11 is 0. The highest BCUT2D eigenvalue weighted by molar-refractivity contribution is 5.69. The fourth-order valence-electron chi connectivity index (χ4n) is 1.33. The van der Waals surface area contributed by atoms with Gasteiger partial charge in [-0.05, 0) is 18.1 Å². The second-order valence-electron chi connectivity index (χ2n) is 3.49. The molecular weight excluding hydrogens is 239 g/mol. The molecule has 94 valence electrons. The Kier molecular flexibility index (Phi) is 4.47. The molecular formula is C10H10F3NO3. The van der Waals surface area contributed by atoms with Gasteiger partial charge < -0.3 is 10.6 Å². The number of benzene rings is 1. The number of carbonyl (C=O) groups is 1. The third-order valence-corrected chi connectivity index (χ3v) is 2.10. The highest BCUT2D eigenvalue weighted by Crippen LogP contribution is 2.15. The molecule has 0 amide bonds. The molecule has 0 unspecified atom stereocenters. The van der Waals surface area contributed by atoms with Crippen LogP contribution in [0.2, 0.25) is 0 Å². The number of carbonyl (C=O) groups excluding carboxylic acids is 1. The molecule has 17 heavy (non-hydrogen) atoms. The lowest BCUT2D eigenvalue weighted by Gasteiger charge is -2.10. The van der Waals surface area contributed by atoms with E-state index in [1.807, 2.05) is 0 Å². The second-order valence-corrected chi connectivity index (χ2v) is 3.49. The van der Waals surface area contributed by atoms with Crippen LogP contribution in [0.4, 0.5) is 13.2 Å². The minimum Gasteiger partial charge on any atom is -0.327 e. The minimum atomic E-state index is -1.30. The molecule has 0 saturated heterocycles. The Hall–Kier alpha value is -1.60.